The molecule has 1 atom stereocenters. The van der Waals surface area contributed by atoms with Gasteiger partial charge in [-0.1, -0.05) is 60.2 Å². The van der Waals surface area contributed by atoms with Crippen LogP contribution >= 0.6 is 0 Å². The number of nitrogens with zero attached hydrogens (tertiary/aromatic N) is 1. The highest BCUT2D eigenvalue weighted by Gasteiger charge is 2.17. The first kappa shape index (κ1) is 14.8. The summed E-state index contributed by atoms with van der Waals surface area (Å²) in [6.45, 7) is 2.47. The average molecular weight is 278 g/mol. The Kier molecular flexibility index (Phi) is 5.11. The van der Waals surface area contributed by atoms with Gasteiger partial charge >= 0.3 is 0 Å². The van der Waals surface area contributed by atoms with Crippen LogP contribution in [-0.4, -0.2) is 5.91 Å². The molecule has 0 saturated carbocycles. The molecule has 1 unspecified atom stereocenters. The maximum absolute atomic E-state index is 12.1. The maximum atomic E-state index is 12.1. The molecule has 0 heterocycles. The molecule has 0 aliphatic carbocycles. The van der Waals surface area contributed by atoms with E-state index in [1.807, 2.05) is 61.5 Å². The molecule has 0 fully saturated rings. The van der Waals surface area contributed by atoms with Crippen LogP contribution in [0.2, 0.25) is 0 Å². The van der Waals surface area contributed by atoms with Gasteiger partial charge in [0, 0.05) is 6.54 Å². The van der Waals surface area contributed by atoms with Crippen LogP contribution in [0.4, 0.5) is 0 Å². The lowest BCUT2D eigenvalue weighted by atomic mass is 10.00. The highest BCUT2D eigenvalue weighted by Crippen LogP contribution is 2.09. The van der Waals surface area contributed by atoms with Crippen molar-refractivity contribution >= 4 is 5.91 Å². The fraction of sp³-hybridized carbons (Fsp3) is 0.222. The third-order valence-corrected chi connectivity index (χ3v) is 3.34. The van der Waals surface area contributed by atoms with Gasteiger partial charge in [-0.3, -0.25) is 4.79 Å². The number of hydrogen-bond donors (Lipinski definition) is 1. The lowest BCUT2D eigenvalue weighted by molar-refractivity contribution is -0.123. The largest absolute Gasteiger partial charge is 0.351 e. The summed E-state index contributed by atoms with van der Waals surface area (Å²) in [6.07, 6.45) is 0.442. The van der Waals surface area contributed by atoms with Gasteiger partial charge in [0.2, 0.25) is 5.91 Å². The molecule has 1 N–H and O–H groups in total. The first-order valence-corrected chi connectivity index (χ1v) is 6.96. The van der Waals surface area contributed by atoms with Crippen LogP contribution in [0.15, 0.2) is 54.6 Å². The second kappa shape index (κ2) is 7.25. The summed E-state index contributed by atoms with van der Waals surface area (Å²) in [5.74, 6) is -0.875. The molecular formula is C18H18N2O. The number of rotatable bonds is 5. The molecule has 106 valence electrons. The topological polar surface area (TPSA) is 52.9 Å². The predicted molar refractivity (Wildman–Crippen MR) is 82.3 cm³/mol. The molecule has 21 heavy (non-hydrogen) atoms. The van der Waals surface area contributed by atoms with E-state index in [4.69, 9.17) is 0 Å². The number of amides is 1. The van der Waals surface area contributed by atoms with Gasteiger partial charge < -0.3 is 5.32 Å². The van der Waals surface area contributed by atoms with E-state index in [1.165, 1.54) is 5.56 Å². The summed E-state index contributed by atoms with van der Waals surface area (Å²) in [7, 11) is 0. The second-order valence-corrected chi connectivity index (χ2v) is 5.07. The molecule has 0 aromatic heterocycles. The number of nitriles is 1. The molecule has 3 heteroatoms. The van der Waals surface area contributed by atoms with Crippen molar-refractivity contribution in [1.29, 1.82) is 5.26 Å². The summed E-state index contributed by atoms with van der Waals surface area (Å²) in [4.78, 5) is 12.1. The lowest BCUT2D eigenvalue weighted by Gasteiger charge is -2.10. The number of aryl methyl sites for hydroxylation is 1. The van der Waals surface area contributed by atoms with Gasteiger partial charge in [-0.25, -0.2) is 0 Å². The molecular weight excluding hydrogens is 260 g/mol. The van der Waals surface area contributed by atoms with Crippen molar-refractivity contribution in [3.8, 4) is 6.07 Å². The molecule has 3 nitrogen and oxygen atoms in total. The molecule has 0 saturated heterocycles. The van der Waals surface area contributed by atoms with Crippen molar-refractivity contribution in [1.82, 2.24) is 5.32 Å². The average Bonchev–Trinajstić information content (AvgIpc) is 2.52. The zero-order valence-corrected chi connectivity index (χ0v) is 12.0. The van der Waals surface area contributed by atoms with E-state index in [-0.39, 0.29) is 5.91 Å². The van der Waals surface area contributed by atoms with Crippen LogP contribution in [0.5, 0.6) is 0 Å². The summed E-state index contributed by atoms with van der Waals surface area (Å²) >= 11 is 0. The number of benzene rings is 2. The zero-order valence-electron chi connectivity index (χ0n) is 12.0. The standard InChI is InChI=1S/C18H18N2O/c1-14-7-9-16(10-8-14)13-20-18(21)17(12-19)11-15-5-3-2-4-6-15/h2-10,17H,11,13H2,1H3,(H,20,21). The van der Waals surface area contributed by atoms with E-state index < -0.39 is 5.92 Å². The molecule has 0 aliphatic heterocycles. The Bertz CT molecular complexity index is 627. The Morgan fingerprint density at radius 2 is 1.76 bits per heavy atom. The molecule has 0 radical (unpaired) electrons. The van der Waals surface area contributed by atoms with E-state index in [0.29, 0.717) is 13.0 Å². The summed E-state index contributed by atoms with van der Waals surface area (Å²) in [5.41, 5.74) is 3.21. The predicted octanol–water partition coefficient (Wildman–Crippen LogP) is 2.99. The van der Waals surface area contributed by atoms with Gasteiger partial charge in [-0.15, -0.1) is 0 Å². The normalized spacial score (nSPS) is 11.4. The third-order valence-electron chi connectivity index (χ3n) is 3.34. The fourth-order valence-electron chi connectivity index (χ4n) is 2.07. The van der Waals surface area contributed by atoms with E-state index in [1.54, 1.807) is 0 Å². The number of carbonyl (C=O) groups excluding carboxylic acids is 1. The SMILES string of the molecule is Cc1ccc(CNC(=O)C(C#N)Cc2ccccc2)cc1. The molecule has 0 aliphatic rings. The number of carbonyl (C=O) groups is 1. The minimum Gasteiger partial charge on any atom is -0.351 e. The monoisotopic (exact) mass is 278 g/mol. The molecule has 2 aromatic rings. The van der Waals surface area contributed by atoms with Crippen molar-refractivity contribution in [3.63, 3.8) is 0 Å². The van der Waals surface area contributed by atoms with Gasteiger partial charge in [0.25, 0.3) is 0 Å². The first-order valence-electron chi connectivity index (χ1n) is 6.96. The highest BCUT2D eigenvalue weighted by molar-refractivity contribution is 5.81. The van der Waals surface area contributed by atoms with Gasteiger partial charge in [0.15, 0.2) is 0 Å². The number of hydrogen-bond acceptors (Lipinski definition) is 2. The van der Waals surface area contributed by atoms with Gasteiger partial charge in [-0.05, 0) is 24.5 Å². The van der Waals surface area contributed by atoms with Crippen LogP contribution in [0.1, 0.15) is 16.7 Å². The Labute approximate surface area is 125 Å². The molecule has 2 aromatic carbocycles. The van der Waals surface area contributed by atoms with Crippen molar-refractivity contribution in [2.24, 2.45) is 5.92 Å². The quantitative estimate of drug-likeness (QED) is 0.914. The van der Waals surface area contributed by atoms with Crippen LogP contribution in [0.25, 0.3) is 0 Å². The van der Waals surface area contributed by atoms with Crippen LogP contribution in [-0.2, 0) is 17.8 Å². The first-order chi connectivity index (χ1) is 10.2. The van der Waals surface area contributed by atoms with Gasteiger partial charge in [-0.2, -0.15) is 5.26 Å². The molecule has 0 spiro atoms. The molecule has 0 bridgehead atoms. The Morgan fingerprint density at radius 3 is 2.38 bits per heavy atom. The smallest absolute Gasteiger partial charge is 0.237 e. The number of nitrogens with one attached hydrogen (secondary N) is 1. The summed E-state index contributed by atoms with van der Waals surface area (Å²) in [6, 6.07) is 19.7. The molecule has 1 amide bonds. The van der Waals surface area contributed by atoms with Crippen molar-refractivity contribution in [2.45, 2.75) is 19.9 Å². The van der Waals surface area contributed by atoms with Crippen molar-refractivity contribution in [2.75, 3.05) is 0 Å². The third kappa shape index (κ3) is 4.47. The maximum Gasteiger partial charge on any atom is 0.237 e. The molecule has 2 rings (SSSR count). The van der Waals surface area contributed by atoms with Crippen LogP contribution in [0.3, 0.4) is 0 Å². The van der Waals surface area contributed by atoms with Crippen molar-refractivity contribution in [3.05, 3.63) is 71.3 Å². The zero-order chi connectivity index (χ0) is 15.1. The highest BCUT2D eigenvalue weighted by atomic mass is 16.1. The van der Waals surface area contributed by atoms with Crippen LogP contribution < -0.4 is 5.32 Å². The van der Waals surface area contributed by atoms with Crippen LogP contribution in [0, 0.1) is 24.2 Å². The van der Waals surface area contributed by atoms with E-state index in [9.17, 15) is 10.1 Å². The van der Waals surface area contributed by atoms with Gasteiger partial charge in [0.1, 0.15) is 5.92 Å². The van der Waals surface area contributed by atoms with Gasteiger partial charge in [0.05, 0.1) is 6.07 Å². The van der Waals surface area contributed by atoms with E-state index in [0.717, 1.165) is 11.1 Å². The summed E-state index contributed by atoms with van der Waals surface area (Å²) < 4.78 is 0. The Hall–Kier alpha value is -2.60. The summed E-state index contributed by atoms with van der Waals surface area (Å²) in [5, 5.41) is 12.0. The van der Waals surface area contributed by atoms with E-state index in [2.05, 4.69) is 11.4 Å². The minimum absolute atomic E-state index is 0.220. The second-order valence-electron chi connectivity index (χ2n) is 5.07. The van der Waals surface area contributed by atoms with E-state index >= 15 is 0 Å². The Balaban J connectivity index is 1.91. The lowest BCUT2D eigenvalue weighted by Crippen LogP contribution is -2.30. The Morgan fingerprint density at radius 1 is 1.10 bits per heavy atom. The van der Waals surface area contributed by atoms with Crippen molar-refractivity contribution < 1.29 is 4.79 Å². The fourth-order valence-corrected chi connectivity index (χ4v) is 2.07. The minimum atomic E-state index is -0.655.